The second-order valence-electron chi connectivity index (χ2n) is 5.78. The number of carbonyl (C=O) groups is 1. The van der Waals surface area contributed by atoms with Crippen molar-refractivity contribution >= 4 is 5.91 Å². The highest BCUT2D eigenvalue weighted by Crippen LogP contribution is 2.11. The van der Waals surface area contributed by atoms with E-state index in [1.807, 2.05) is 31.2 Å². The molecule has 0 atom stereocenters. The SMILES string of the molecule is Cc1cccc(OCCNC(=O)CN(C)Cc2ccccc2F)c1. The number of halogens is 1. The zero-order valence-electron chi connectivity index (χ0n) is 14.1. The van der Waals surface area contributed by atoms with Crippen molar-refractivity contribution in [2.75, 3.05) is 26.7 Å². The molecule has 0 aliphatic carbocycles. The van der Waals surface area contributed by atoms with Gasteiger partial charge in [-0.3, -0.25) is 9.69 Å². The van der Waals surface area contributed by atoms with Gasteiger partial charge in [0.15, 0.2) is 0 Å². The molecule has 0 bridgehead atoms. The number of rotatable bonds is 8. The number of nitrogens with one attached hydrogen (secondary N) is 1. The van der Waals surface area contributed by atoms with E-state index >= 15 is 0 Å². The number of hydrogen-bond donors (Lipinski definition) is 1. The van der Waals surface area contributed by atoms with Crippen molar-refractivity contribution in [1.29, 1.82) is 0 Å². The van der Waals surface area contributed by atoms with Crippen molar-refractivity contribution in [3.8, 4) is 5.75 Å². The van der Waals surface area contributed by atoms with E-state index in [-0.39, 0.29) is 18.3 Å². The molecular formula is C19H23FN2O2. The summed E-state index contributed by atoms with van der Waals surface area (Å²) in [5.74, 6) is 0.430. The largest absolute Gasteiger partial charge is 0.492 e. The van der Waals surface area contributed by atoms with Gasteiger partial charge < -0.3 is 10.1 Å². The van der Waals surface area contributed by atoms with Crippen LogP contribution < -0.4 is 10.1 Å². The zero-order chi connectivity index (χ0) is 17.4. The van der Waals surface area contributed by atoms with Crippen molar-refractivity contribution < 1.29 is 13.9 Å². The van der Waals surface area contributed by atoms with Gasteiger partial charge in [-0.25, -0.2) is 4.39 Å². The molecule has 0 spiro atoms. The topological polar surface area (TPSA) is 41.6 Å². The fourth-order valence-electron chi connectivity index (χ4n) is 2.34. The van der Waals surface area contributed by atoms with Gasteiger partial charge in [-0.1, -0.05) is 30.3 Å². The van der Waals surface area contributed by atoms with E-state index in [1.165, 1.54) is 6.07 Å². The predicted octanol–water partition coefficient (Wildman–Crippen LogP) is 2.76. The number of nitrogens with zero attached hydrogens (tertiary/aromatic N) is 1. The highest BCUT2D eigenvalue weighted by molar-refractivity contribution is 5.77. The molecule has 1 amide bonds. The van der Waals surface area contributed by atoms with Gasteiger partial charge in [0.05, 0.1) is 13.1 Å². The maximum Gasteiger partial charge on any atom is 0.234 e. The average molecular weight is 330 g/mol. The minimum atomic E-state index is -0.253. The third-order valence-corrected chi connectivity index (χ3v) is 3.49. The highest BCUT2D eigenvalue weighted by atomic mass is 19.1. The van der Waals surface area contributed by atoms with Crippen LogP contribution in [0.5, 0.6) is 5.75 Å². The molecule has 0 fully saturated rings. The first kappa shape index (κ1) is 17.9. The molecule has 2 rings (SSSR count). The van der Waals surface area contributed by atoms with E-state index < -0.39 is 0 Å². The lowest BCUT2D eigenvalue weighted by atomic mass is 10.2. The second kappa shape index (κ2) is 9.03. The molecule has 2 aromatic carbocycles. The molecule has 0 saturated heterocycles. The van der Waals surface area contributed by atoms with Crippen LogP contribution in [-0.4, -0.2) is 37.6 Å². The first-order valence-electron chi connectivity index (χ1n) is 7.92. The summed E-state index contributed by atoms with van der Waals surface area (Å²) in [5.41, 5.74) is 1.71. The normalized spacial score (nSPS) is 10.7. The Morgan fingerprint density at radius 2 is 2.00 bits per heavy atom. The van der Waals surface area contributed by atoms with Crippen molar-refractivity contribution in [3.63, 3.8) is 0 Å². The van der Waals surface area contributed by atoms with Gasteiger partial charge in [0.25, 0.3) is 0 Å². The summed E-state index contributed by atoms with van der Waals surface area (Å²) in [6, 6.07) is 14.3. The molecule has 2 aromatic rings. The van der Waals surface area contributed by atoms with Crippen LogP contribution in [0.3, 0.4) is 0 Å². The molecule has 0 aromatic heterocycles. The summed E-state index contributed by atoms with van der Waals surface area (Å²) >= 11 is 0. The zero-order valence-corrected chi connectivity index (χ0v) is 14.1. The second-order valence-corrected chi connectivity index (χ2v) is 5.78. The Kier molecular flexibility index (Phi) is 6.75. The lowest BCUT2D eigenvalue weighted by Crippen LogP contribution is -2.36. The van der Waals surface area contributed by atoms with Crippen molar-refractivity contribution in [2.45, 2.75) is 13.5 Å². The van der Waals surface area contributed by atoms with E-state index in [4.69, 9.17) is 4.74 Å². The minimum absolute atomic E-state index is 0.110. The Morgan fingerprint density at radius 1 is 1.21 bits per heavy atom. The highest BCUT2D eigenvalue weighted by Gasteiger charge is 2.09. The lowest BCUT2D eigenvalue weighted by molar-refractivity contribution is -0.122. The summed E-state index contributed by atoms with van der Waals surface area (Å²) in [6.07, 6.45) is 0. The molecule has 0 radical (unpaired) electrons. The third-order valence-electron chi connectivity index (χ3n) is 3.49. The van der Waals surface area contributed by atoms with E-state index in [9.17, 15) is 9.18 Å². The fourth-order valence-corrected chi connectivity index (χ4v) is 2.34. The number of benzene rings is 2. The molecule has 5 heteroatoms. The Morgan fingerprint density at radius 3 is 2.75 bits per heavy atom. The van der Waals surface area contributed by atoms with Gasteiger partial charge in [-0.2, -0.15) is 0 Å². The molecule has 0 aliphatic rings. The predicted molar refractivity (Wildman–Crippen MR) is 92.4 cm³/mol. The molecule has 128 valence electrons. The maximum atomic E-state index is 13.6. The van der Waals surface area contributed by atoms with Crippen LogP contribution in [0, 0.1) is 12.7 Å². The Labute approximate surface area is 142 Å². The molecule has 1 N–H and O–H groups in total. The summed E-state index contributed by atoms with van der Waals surface area (Å²) in [7, 11) is 1.79. The van der Waals surface area contributed by atoms with Crippen LogP contribution in [0.15, 0.2) is 48.5 Å². The lowest BCUT2D eigenvalue weighted by Gasteiger charge is -2.16. The van der Waals surface area contributed by atoms with Crippen LogP contribution in [0.1, 0.15) is 11.1 Å². The van der Waals surface area contributed by atoms with Gasteiger partial charge in [-0.15, -0.1) is 0 Å². The molecule has 24 heavy (non-hydrogen) atoms. The minimum Gasteiger partial charge on any atom is -0.492 e. The van der Waals surface area contributed by atoms with Gasteiger partial charge in [0.2, 0.25) is 5.91 Å². The van der Waals surface area contributed by atoms with Gasteiger partial charge in [0, 0.05) is 12.1 Å². The number of hydrogen-bond acceptors (Lipinski definition) is 3. The van der Waals surface area contributed by atoms with Gasteiger partial charge >= 0.3 is 0 Å². The number of aryl methyl sites for hydroxylation is 1. The number of amides is 1. The smallest absolute Gasteiger partial charge is 0.234 e. The quantitative estimate of drug-likeness (QED) is 0.757. The summed E-state index contributed by atoms with van der Waals surface area (Å²) in [4.78, 5) is 13.7. The Bertz CT molecular complexity index is 676. The molecule has 4 nitrogen and oxygen atoms in total. The van der Waals surface area contributed by atoms with E-state index in [0.717, 1.165) is 11.3 Å². The van der Waals surface area contributed by atoms with Crippen LogP contribution in [0.25, 0.3) is 0 Å². The summed E-state index contributed by atoms with van der Waals surface area (Å²) in [5, 5.41) is 2.80. The van der Waals surface area contributed by atoms with Crippen molar-refractivity contribution in [2.24, 2.45) is 0 Å². The molecule has 0 heterocycles. The van der Waals surface area contributed by atoms with E-state index in [2.05, 4.69) is 5.32 Å². The molecule has 0 aliphatic heterocycles. The fraction of sp³-hybridized carbons (Fsp3) is 0.316. The molecule has 0 unspecified atom stereocenters. The first-order chi connectivity index (χ1) is 11.5. The number of ether oxygens (including phenoxy) is 1. The number of likely N-dealkylation sites (N-methyl/N-ethyl adjacent to an activating group) is 1. The van der Waals surface area contributed by atoms with Crippen LogP contribution in [0.4, 0.5) is 4.39 Å². The van der Waals surface area contributed by atoms with Crippen molar-refractivity contribution in [3.05, 3.63) is 65.5 Å². The van der Waals surface area contributed by atoms with Gasteiger partial charge in [-0.05, 0) is 37.7 Å². The first-order valence-corrected chi connectivity index (χ1v) is 7.92. The number of carbonyl (C=O) groups excluding carboxylic acids is 1. The van der Waals surface area contributed by atoms with E-state index in [1.54, 1.807) is 30.1 Å². The Balaban J connectivity index is 1.66. The van der Waals surface area contributed by atoms with Gasteiger partial charge in [0.1, 0.15) is 18.2 Å². The summed E-state index contributed by atoms with van der Waals surface area (Å²) < 4.78 is 19.2. The standard InChI is InChI=1S/C19H23FN2O2/c1-15-6-5-8-17(12-15)24-11-10-21-19(23)14-22(2)13-16-7-3-4-9-18(16)20/h3-9,12H,10-11,13-14H2,1-2H3,(H,21,23). The third kappa shape index (κ3) is 6.01. The average Bonchev–Trinajstić information content (AvgIpc) is 2.54. The van der Waals surface area contributed by atoms with Crippen LogP contribution in [-0.2, 0) is 11.3 Å². The van der Waals surface area contributed by atoms with Crippen LogP contribution >= 0.6 is 0 Å². The maximum absolute atomic E-state index is 13.6. The molecular weight excluding hydrogens is 307 g/mol. The van der Waals surface area contributed by atoms with Crippen LogP contribution in [0.2, 0.25) is 0 Å². The molecule has 0 saturated carbocycles. The monoisotopic (exact) mass is 330 g/mol. The van der Waals surface area contributed by atoms with E-state index in [0.29, 0.717) is 25.3 Å². The Hall–Kier alpha value is -2.40. The van der Waals surface area contributed by atoms with Crippen molar-refractivity contribution in [1.82, 2.24) is 10.2 Å². The summed E-state index contributed by atoms with van der Waals surface area (Å²) in [6.45, 7) is 3.44.